The Balaban J connectivity index is 1.53. The summed E-state index contributed by atoms with van der Waals surface area (Å²) in [6.45, 7) is 3.21. The fraction of sp³-hybridized carbons (Fsp3) is 0.167. The van der Waals surface area contributed by atoms with Crippen LogP contribution in [0, 0.1) is 6.07 Å². The minimum atomic E-state index is -0.0648. The molecule has 157 valence electrons. The standard InChI is InChI=1S/C24H21N2O4S/c1-2-29-19-9-6-10-20(16-19)30-14-13-26-21-12-11-18(15-22(21)31-24(26)27)23(25-28)17-7-4-3-5-8-17/h3-12,15,28H,2,13-14H2,1H3. The van der Waals surface area contributed by atoms with Gasteiger partial charge in [0.05, 0.1) is 29.4 Å². The Hall–Kier alpha value is -3.58. The third-order valence-corrected chi connectivity index (χ3v) is 5.64. The maximum atomic E-state index is 12.6. The highest BCUT2D eigenvalue weighted by atomic mass is 32.1. The van der Waals surface area contributed by atoms with Crippen LogP contribution >= 0.6 is 11.3 Å². The molecule has 0 saturated heterocycles. The van der Waals surface area contributed by atoms with Gasteiger partial charge in [-0.15, -0.1) is 0 Å². The molecule has 0 unspecified atom stereocenters. The Morgan fingerprint density at radius 1 is 1.03 bits per heavy atom. The first-order valence-corrected chi connectivity index (χ1v) is 10.7. The van der Waals surface area contributed by atoms with Gasteiger partial charge in [0.15, 0.2) is 0 Å². The Morgan fingerprint density at radius 3 is 2.55 bits per heavy atom. The largest absolute Gasteiger partial charge is 0.493 e. The molecular weight excluding hydrogens is 412 g/mol. The molecule has 1 aromatic heterocycles. The average molecular weight is 434 g/mol. The van der Waals surface area contributed by atoms with Crippen molar-refractivity contribution in [2.75, 3.05) is 13.2 Å². The van der Waals surface area contributed by atoms with Crippen LogP contribution in [0.25, 0.3) is 10.2 Å². The van der Waals surface area contributed by atoms with E-state index in [1.54, 1.807) is 4.57 Å². The fourth-order valence-corrected chi connectivity index (χ4v) is 4.26. The second-order valence-electron chi connectivity index (χ2n) is 6.68. The summed E-state index contributed by atoms with van der Waals surface area (Å²) >= 11 is 1.16. The zero-order valence-corrected chi connectivity index (χ0v) is 17.8. The lowest BCUT2D eigenvalue weighted by molar-refractivity contribution is 0.293. The molecule has 0 spiro atoms. The topological polar surface area (TPSA) is 73.0 Å². The summed E-state index contributed by atoms with van der Waals surface area (Å²) in [5.74, 6) is 1.21. The van der Waals surface area contributed by atoms with E-state index in [0.717, 1.165) is 32.7 Å². The maximum Gasteiger partial charge on any atom is 0.308 e. The molecule has 1 radical (unpaired) electrons. The summed E-state index contributed by atoms with van der Waals surface area (Å²) in [6.07, 6.45) is 0. The van der Waals surface area contributed by atoms with Crippen LogP contribution in [0.2, 0.25) is 0 Å². The normalized spacial score (nSPS) is 11.6. The van der Waals surface area contributed by atoms with Crippen molar-refractivity contribution in [2.45, 2.75) is 13.5 Å². The molecule has 3 aromatic carbocycles. The molecule has 7 heteroatoms. The summed E-state index contributed by atoms with van der Waals surface area (Å²) in [5, 5.41) is 13.0. The van der Waals surface area contributed by atoms with Crippen LogP contribution in [0.4, 0.5) is 0 Å². The molecular formula is C24H21N2O4S. The van der Waals surface area contributed by atoms with Gasteiger partial charge in [0.2, 0.25) is 0 Å². The first-order chi connectivity index (χ1) is 15.2. The summed E-state index contributed by atoms with van der Waals surface area (Å²) in [6, 6.07) is 23.6. The van der Waals surface area contributed by atoms with Crippen molar-refractivity contribution in [3.8, 4) is 11.5 Å². The number of hydrogen-bond donors (Lipinski definition) is 1. The van der Waals surface area contributed by atoms with Crippen molar-refractivity contribution in [3.63, 3.8) is 0 Å². The SMILES string of the molecule is CCOc1[c]c(OCCn2c(=O)sc3cc(C(=NO)c4ccccc4)ccc32)ccc1. The number of oxime groups is 1. The lowest BCUT2D eigenvalue weighted by Gasteiger charge is -2.09. The molecule has 6 nitrogen and oxygen atoms in total. The minimum Gasteiger partial charge on any atom is -0.493 e. The van der Waals surface area contributed by atoms with E-state index in [4.69, 9.17) is 9.47 Å². The molecule has 0 bridgehead atoms. The Labute approximate surface area is 183 Å². The predicted molar refractivity (Wildman–Crippen MR) is 122 cm³/mol. The molecule has 0 aliphatic heterocycles. The minimum absolute atomic E-state index is 0.0648. The van der Waals surface area contributed by atoms with E-state index in [1.807, 2.05) is 73.7 Å². The summed E-state index contributed by atoms with van der Waals surface area (Å²) in [5.41, 5.74) is 2.82. The summed E-state index contributed by atoms with van der Waals surface area (Å²) in [4.78, 5) is 12.5. The van der Waals surface area contributed by atoms with Crippen LogP contribution in [0.5, 0.6) is 11.5 Å². The zero-order valence-electron chi connectivity index (χ0n) is 16.9. The maximum absolute atomic E-state index is 12.6. The molecule has 1 heterocycles. The zero-order chi connectivity index (χ0) is 21.6. The number of benzene rings is 3. The van der Waals surface area contributed by atoms with Crippen LogP contribution in [0.1, 0.15) is 18.1 Å². The third kappa shape index (κ3) is 4.62. The van der Waals surface area contributed by atoms with Crippen LogP contribution < -0.4 is 14.3 Å². The van der Waals surface area contributed by atoms with Gasteiger partial charge in [0.1, 0.15) is 23.8 Å². The first-order valence-electron chi connectivity index (χ1n) is 9.88. The van der Waals surface area contributed by atoms with Crippen molar-refractivity contribution in [1.29, 1.82) is 0 Å². The van der Waals surface area contributed by atoms with Gasteiger partial charge >= 0.3 is 4.87 Å². The van der Waals surface area contributed by atoms with Crippen LogP contribution in [-0.4, -0.2) is 28.7 Å². The molecule has 0 aliphatic rings. The molecule has 1 N–H and O–H groups in total. The van der Waals surface area contributed by atoms with Gasteiger partial charge in [-0.1, -0.05) is 59.0 Å². The van der Waals surface area contributed by atoms with Gasteiger partial charge in [-0.2, -0.15) is 0 Å². The molecule has 0 atom stereocenters. The lowest BCUT2D eigenvalue weighted by atomic mass is 10.0. The summed E-state index contributed by atoms with van der Waals surface area (Å²) < 4.78 is 13.7. The van der Waals surface area contributed by atoms with Gasteiger partial charge in [-0.3, -0.25) is 9.36 Å². The molecule has 31 heavy (non-hydrogen) atoms. The number of thiazole rings is 1. The van der Waals surface area contributed by atoms with E-state index >= 15 is 0 Å². The first kappa shape index (κ1) is 20.7. The third-order valence-electron chi connectivity index (χ3n) is 4.70. The Kier molecular flexibility index (Phi) is 6.33. The van der Waals surface area contributed by atoms with Crippen molar-refractivity contribution in [1.82, 2.24) is 4.57 Å². The van der Waals surface area contributed by atoms with Gasteiger partial charge in [-0.05, 0) is 31.2 Å². The molecule has 4 aromatic rings. The molecule has 4 rings (SSSR count). The van der Waals surface area contributed by atoms with E-state index in [1.165, 1.54) is 0 Å². The van der Waals surface area contributed by atoms with E-state index in [-0.39, 0.29) is 4.87 Å². The van der Waals surface area contributed by atoms with Crippen LogP contribution in [-0.2, 0) is 6.54 Å². The number of hydrogen-bond acceptors (Lipinski definition) is 6. The predicted octanol–water partition coefficient (Wildman–Crippen LogP) is 4.57. The highest BCUT2D eigenvalue weighted by Crippen LogP contribution is 2.22. The molecule has 0 aliphatic carbocycles. The van der Waals surface area contributed by atoms with Crippen molar-refractivity contribution >= 4 is 27.3 Å². The lowest BCUT2D eigenvalue weighted by Crippen LogP contribution is -2.17. The molecule has 0 fully saturated rings. The number of aromatic nitrogens is 1. The van der Waals surface area contributed by atoms with Gasteiger partial charge in [0.25, 0.3) is 0 Å². The Bertz CT molecular complexity index is 1260. The van der Waals surface area contributed by atoms with E-state index < -0.39 is 0 Å². The van der Waals surface area contributed by atoms with Crippen LogP contribution in [0.15, 0.2) is 76.7 Å². The number of fused-ring (bicyclic) bond motifs is 1. The van der Waals surface area contributed by atoms with Gasteiger partial charge in [0, 0.05) is 11.1 Å². The van der Waals surface area contributed by atoms with Crippen molar-refractivity contribution < 1.29 is 14.7 Å². The van der Waals surface area contributed by atoms with Gasteiger partial charge in [-0.25, -0.2) is 0 Å². The smallest absolute Gasteiger partial charge is 0.308 e. The number of nitrogens with zero attached hydrogens (tertiary/aromatic N) is 2. The summed E-state index contributed by atoms with van der Waals surface area (Å²) in [7, 11) is 0. The number of rotatable bonds is 8. The van der Waals surface area contributed by atoms with Crippen molar-refractivity contribution in [2.24, 2.45) is 5.16 Å². The van der Waals surface area contributed by atoms with E-state index in [9.17, 15) is 10.0 Å². The van der Waals surface area contributed by atoms with E-state index in [0.29, 0.717) is 37.0 Å². The monoisotopic (exact) mass is 433 g/mol. The Morgan fingerprint density at radius 2 is 1.81 bits per heavy atom. The van der Waals surface area contributed by atoms with Crippen LogP contribution in [0.3, 0.4) is 0 Å². The molecule has 0 saturated carbocycles. The average Bonchev–Trinajstić information content (AvgIpc) is 3.10. The highest BCUT2D eigenvalue weighted by Gasteiger charge is 2.13. The second kappa shape index (κ2) is 9.49. The highest BCUT2D eigenvalue weighted by molar-refractivity contribution is 7.16. The fourth-order valence-electron chi connectivity index (χ4n) is 3.30. The quantitative estimate of drug-likeness (QED) is 0.251. The molecule has 0 amide bonds. The number of ether oxygens (including phenoxy) is 2. The van der Waals surface area contributed by atoms with Gasteiger partial charge < -0.3 is 14.7 Å². The van der Waals surface area contributed by atoms with Crippen molar-refractivity contribution in [3.05, 3.63) is 93.6 Å². The second-order valence-corrected chi connectivity index (χ2v) is 7.67. The van der Waals surface area contributed by atoms with E-state index in [2.05, 4.69) is 11.2 Å².